The maximum Gasteiger partial charge on any atom is 0.154 e. The van der Waals surface area contributed by atoms with Gasteiger partial charge in [-0.1, -0.05) is 29.8 Å². The molecule has 0 radical (unpaired) electrons. The molecule has 0 atom stereocenters. The number of benzene rings is 2. The molecule has 0 aliphatic heterocycles. The van der Waals surface area contributed by atoms with E-state index < -0.39 is 0 Å². The van der Waals surface area contributed by atoms with Gasteiger partial charge < -0.3 is 9.15 Å². The number of hydrogen-bond acceptors (Lipinski definition) is 5. The average molecular weight is 412 g/mol. The lowest BCUT2D eigenvalue weighted by atomic mass is 10.0. The number of rotatable bonds is 2. The summed E-state index contributed by atoms with van der Waals surface area (Å²) < 4.78 is 11.8. The minimum absolute atomic E-state index is 0.442. The molecule has 4 aromatic heterocycles. The number of aromatic nitrogens is 3. The molecule has 0 aliphatic carbocycles. The summed E-state index contributed by atoms with van der Waals surface area (Å²) in [7, 11) is 1.64. The lowest BCUT2D eigenvalue weighted by Crippen LogP contribution is -1.91. The van der Waals surface area contributed by atoms with Crippen molar-refractivity contribution >= 4 is 55.5 Å². The second kappa shape index (κ2) is 6.40. The monoisotopic (exact) mass is 411 g/mol. The number of nitrogens with zero attached hydrogens (tertiary/aromatic N) is 3. The van der Waals surface area contributed by atoms with Crippen molar-refractivity contribution in [2.45, 2.75) is 0 Å². The van der Waals surface area contributed by atoms with Crippen LogP contribution in [0.4, 0.5) is 0 Å². The first-order chi connectivity index (χ1) is 14.7. The zero-order valence-corrected chi connectivity index (χ0v) is 16.6. The molecule has 0 amide bonds. The summed E-state index contributed by atoms with van der Waals surface area (Å²) in [6.45, 7) is 0. The minimum Gasteiger partial charge on any atom is -0.496 e. The second-order valence-corrected chi connectivity index (χ2v) is 7.40. The Morgan fingerprint density at radius 2 is 1.60 bits per heavy atom. The van der Waals surface area contributed by atoms with Crippen LogP contribution in [-0.2, 0) is 0 Å². The van der Waals surface area contributed by atoms with Crippen LogP contribution in [0.15, 0.2) is 71.3 Å². The molecule has 144 valence electrons. The first-order valence-corrected chi connectivity index (χ1v) is 9.81. The van der Waals surface area contributed by atoms with Crippen molar-refractivity contribution in [2.75, 3.05) is 7.11 Å². The van der Waals surface area contributed by atoms with Crippen LogP contribution >= 0.6 is 11.6 Å². The van der Waals surface area contributed by atoms with Crippen LogP contribution in [0, 0.1) is 0 Å². The van der Waals surface area contributed by atoms with E-state index in [-0.39, 0.29) is 0 Å². The molecule has 6 heteroatoms. The Balaban J connectivity index is 1.69. The van der Waals surface area contributed by atoms with Crippen LogP contribution in [-0.4, -0.2) is 22.1 Å². The van der Waals surface area contributed by atoms with Crippen molar-refractivity contribution < 1.29 is 9.15 Å². The molecular formula is C24H14ClN3O2. The Morgan fingerprint density at radius 1 is 0.833 bits per heavy atom. The third kappa shape index (κ3) is 2.46. The van der Waals surface area contributed by atoms with E-state index >= 15 is 0 Å². The number of fused-ring (bicyclic) bond motifs is 6. The fourth-order valence-electron chi connectivity index (χ4n) is 3.93. The minimum atomic E-state index is 0.442. The quantitative estimate of drug-likeness (QED) is 0.243. The third-order valence-corrected chi connectivity index (χ3v) is 5.53. The summed E-state index contributed by atoms with van der Waals surface area (Å²) in [4.78, 5) is 14.0. The molecule has 0 aliphatic rings. The highest BCUT2D eigenvalue weighted by Crippen LogP contribution is 2.40. The normalized spacial score (nSPS) is 11.7. The Labute approximate surface area is 175 Å². The van der Waals surface area contributed by atoms with Gasteiger partial charge in [0.15, 0.2) is 5.58 Å². The molecule has 0 saturated carbocycles. The predicted octanol–water partition coefficient (Wildman–Crippen LogP) is 6.41. The number of methoxy groups -OCH3 is 1. The van der Waals surface area contributed by atoms with E-state index in [1.54, 1.807) is 19.4 Å². The molecule has 2 aromatic carbocycles. The average Bonchev–Trinajstić information content (AvgIpc) is 3.18. The van der Waals surface area contributed by atoms with Crippen molar-refractivity contribution in [2.24, 2.45) is 0 Å². The number of furan rings is 1. The Kier molecular flexibility index (Phi) is 3.67. The smallest absolute Gasteiger partial charge is 0.154 e. The van der Waals surface area contributed by atoms with E-state index in [9.17, 15) is 0 Å². The van der Waals surface area contributed by atoms with Crippen molar-refractivity contribution in [1.29, 1.82) is 0 Å². The molecule has 5 nitrogen and oxygen atoms in total. The van der Waals surface area contributed by atoms with Crippen LogP contribution in [0.1, 0.15) is 0 Å². The maximum absolute atomic E-state index is 6.18. The van der Waals surface area contributed by atoms with Gasteiger partial charge in [-0.25, -0.2) is 9.97 Å². The van der Waals surface area contributed by atoms with Gasteiger partial charge in [0.05, 0.1) is 29.2 Å². The van der Waals surface area contributed by atoms with Gasteiger partial charge >= 0.3 is 0 Å². The maximum atomic E-state index is 6.18. The van der Waals surface area contributed by atoms with Gasteiger partial charge in [0.2, 0.25) is 0 Å². The van der Waals surface area contributed by atoms with Crippen LogP contribution < -0.4 is 4.74 Å². The number of ether oxygens (including phenoxy) is 1. The zero-order valence-electron chi connectivity index (χ0n) is 15.9. The van der Waals surface area contributed by atoms with Gasteiger partial charge in [-0.3, -0.25) is 4.98 Å². The fourth-order valence-corrected chi connectivity index (χ4v) is 4.08. The molecule has 30 heavy (non-hydrogen) atoms. The molecular weight excluding hydrogens is 398 g/mol. The first-order valence-electron chi connectivity index (χ1n) is 9.43. The second-order valence-electron chi connectivity index (χ2n) is 7.01. The van der Waals surface area contributed by atoms with Gasteiger partial charge in [0.1, 0.15) is 22.0 Å². The van der Waals surface area contributed by atoms with Crippen LogP contribution in [0.2, 0.25) is 5.15 Å². The van der Waals surface area contributed by atoms with E-state index in [0.29, 0.717) is 22.1 Å². The highest BCUT2D eigenvalue weighted by molar-refractivity contribution is 6.30. The zero-order chi connectivity index (χ0) is 20.2. The summed E-state index contributed by atoms with van der Waals surface area (Å²) >= 11 is 6.16. The van der Waals surface area contributed by atoms with Gasteiger partial charge in [0, 0.05) is 22.5 Å². The topological polar surface area (TPSA) is 61.0 Å². The van der Waals surface area contributed by atoms with Gasteiger partial charge in [-0.05, 0) is 42.5 Å². The van der Waals surface area contributed by atoms with E-state index in [1.165, 1.54) is 0 Å². The Bertz CT molecular complexity index is 1610. The van der Waals surface area contributed by atoms with Gasteiger partial charge in [-0.2, -0.15) is 0 Å². The largest absolute Gasteiger partial charge is 0.496 e. The summed E-state index contributed by atoms with van der Waals surface area (Å²) in [6, 6.07) is 19.5. The van der Waals surface area contributed by atoms with E-state index in [0.717, 1.165) is 44.0 Å². The predicted molar refractivity (Wildman–Crippen MR) is 119 cm³/mol. The first kappa shape index (κ1) is 17.2. The van der Waals surface area contributed by atoms with Gasteiger partial charge in [-0.15, -0.1) is 0 Å². The van der Waals surface area contributed by atoms with Crippen LogP contribution in [0.3, 0.4) is 0 Å². The fraction of sp³-hybridized carbons (Fsp3) is 0.0417. The molecule has 0 unspecified atom stereocenters. The van der Waals surface area contributed by atoms with Crippen molar-refractivity contribution in [3.8, 4) is 17.0 Å². The molecule has 0 saturated heterocycles. The lowest BCUT2D eigenvalue weighted by molar-refractivity contribution is 0.420. The van der Waals surface area contributed by atoms with Gasteiger partial charge in [0.25, 0.3) is 0 Å². The highest BCUT2D eigenvalue weighted by Gasteiger charge is 2.18. The summed E-state index contributed by atoms with van der Waals surface area (Å²) in [6.07, 6.45) is 1.75. The molecule has 0 fully saturated rings. The lowest BCUT2D eigenvalue weighted by Gasteiger charge is -2.08. The molecule has 4 heterocycles. The Hall–Kier alpha value is -3.70. The van der Waals surface area contributed by atoms with Crippen molar-refractivity contribution in [3.63, 3.8) is 0 Å². The summed E-state index contributed by atoms with van der Waals surface area (Å²) in [5, 5.41) is 3.27. The summed E-state index contributed by atoms with van der Waals surface area (Å²) in [5.41, 5.74) is 5.39. The standard InChI is InChI=1S/C24H14ClN3O2/c1-29-17-10-8-15(24-20(17)23-18(30-24)3-2-12-26-23)16-9-6-13-4-5-14-7-11-19(25)28-22(14)21(13)27-16/h2-12H,1H3. The van der Waals surface area contributed by atoms with E-state index in [2.05, 4.69) is 9.97 Å². The van der Waals surface area contributed by atoms with Crippen molar-refractivity contribution in [3.05, 3.63) is 72.0 Å². The number of halogens is 1. The summed E-state index contributed by atoms with van der Waals surface area (Å²) in [5.74, 6) is 0.714. The highest BCUT2D eigenvalue weighted by atomic mass is 35.5. The number of pyridine rings is 3. The molecule has 6 aromatic rings. The Morgan fingerprint density at radius 3 is 2.43 bits per heavy atom. The van der Waals surface area contributed by atoms with Crippen molar-refractivity contribution in [1.82, 2.24) is 15.0 Å². The third-order valence-electron chi connectivity index (χ3n) is 5.32. The number of hydrogen-bond donors (Lipinski definition) is 0. The molecule has 0 bridgehead atoms. The SMILES string of the molecule is COc1ccc(-c2ccc3ccc4ccc(Cl)nc4c3n2)c2oc3cccnc3c12. The van der Waals surface area contributed by atoms with Crippen LogP contribution in [0.5, 0.6) is 5.75 Å². The van der Waals surface area contributed by atoms with E-state index in [4.69, 9.17) is 25.7 Å². The van der Waals surface area contributed by atoms with E-state index in [1.807, 2.05) is 54.6 Å². The van der Waals surface area contributed by atoms with Crippen LogP contribution in [0.25, 0.3) is 55.1 Å². The molecule has 0 N–H and O–H groups in total. The molecule has 6 rings (SSSR count). The molecule has 0 spiro atoms.